The van der Waals surface area contributed by atoms with Crippen molar-refractivity contribution in [3.8, 4) is 21.6 Å². The van der Waals surface area contributed by atoms with Gasteiger partial charge in [-0.1, -0.05) is 81.5 Å². The molecule has 3 aromatic carbocycles. The predicted octanol–water partition coefficient (Wildman–Crippen LogP) is 7.72. The average Bonchev–Trinajstić information content (AvgIpc) is 4.11. The van der Waals surface area contributed by atoms with Crippen molar-refractivity contribution in [1.82, 2.24) is 25.1 Å². The van der Waals surface area contributed by atoms with Gasteiger partial charge in [-0.25, -0.2) is 13.8 Å². The number of ether oxygens (including phenoxy) is 4. The summed E-state index contributed by atoms with van der Waals surface area (Å²) < 4.78 is 52.7. The minimum atomic E-state index is -2.67. The van der Waals surface area contributed by atoms with E-state index in [1.54, 1.807) is 16.8 Å². The van der Waals surface area contributed by atoms with Crippen molar-refractivity contribution in [2.75, 3.05) is 64.7 Å². The lowest BCUT2D eigenvalue weighted by atomic mass is 9.85. The Labute approximate surface area is 446 Å². The molecule has 1 aliphatic heterocycles. The lowest BCUT2D eigenvalue weighted by Gasteiger charge is -2.35. The van der Waals surface area contributed by atoms with Gasteiger partial charge in [-0.05, 0) is 60.1 Å². The second-order valence-corrected chi connectivity index (χ2v) is 21.5. The molecule has 5 aromatic rings. The molecule has 2 aliphatic rings. The van der Waals surface area contributed by atoms with Crippen LogP contribution in [0.5, 0.6) is 0 Å². The van der Waals surface area contributed by atoms with Crippen LogP contribution in [0.2, 0.25) is 0 Å². The first-order valence-corrected chi connectivity index (χ1v) is 26.7. The Morgan fingerprint density at radius 3 is 2.13 bits per heavy atom. The van der Waals surface area contributed by atoms with Crippen molar-refractivity contribution >= 4 is 68.8 Å². The molecule has 0 bridgehead atoms. The molecule has 404 valence electrons. The number of thiazole rings is 1. The fraction of sp³-hybridized carbons (Fsp3) is 0.491. The number of anilines is 1. The number of nitrogens with zero attached hydrogens (tertiary/aromatic N) is 3. The summed E-state index contributed by atoms with van der Waals surface area (Å²) in [6.07, 6.45) is 1.65. The van der Waals surface area contributed by atoms with Crippen molar-refractivity contribution < 1.29 is 52.0 Å². The van der Waals surface area contributed by atoms with E-state index in [0.29, 0.717) is 38.3 Å². The van der Waals surface area contributed by atoms with E-state index in [-0.39, 0.29) is 107 Å². The number of fused-ring (bicyclic) bond motifs is 1. The number of likely N-dealkylation sites (tertiary alicyclic amines) is 1. The Hall–Kier alpha value is -5.74. The summed E-state index contributed by atoms with van der Waals surface area (Å²) in [6.45, 7) is 9.67. The van der Waals surface area contributed by atoms with Crippen LogP contribution in [-0.2, 0) is 44.7 Å². The molecular weight excluding hydrogens is 1000 g/mol. The number of nitrogens with two attached hydrogens (primary N) is 1. The predicted molar refractivity (Wildman–Crippen MR) is 288 cm³/mol. The summed E-state index contributed by atoms with van der Waals surface area (Å²) in [5.74, 6) is -4.10. The van der Waals surface area contributed by atoms with E-state index >= 15 is 0 Å². The van der Waals surface area contributed by atoms with Crippen molar-refractivity contribution in [2.24, 2.45) is 11.1 Å². The van der Waals surface area contributed by atoms with Crippen LogP contribution < -0.4 is 21.7 Å². The Balaban J connectivity index is 0.748. The number of aliphatic hydroxyl groups excluding tert-OH is 1. The van der Waals surface area contributed by atoms with Gasteiger partial charge in [0.2, 0.25) is 29.6 Å². The summed E-state index contributed by atoms with van der Waals surface area (Å²) in [4.78, 5) is 60.4. The molecule has 1 aliphatic carbocycles. The van der Waals surface area contributed by atoms with Crippen LogP contribution in [0.25, 0.3) is 32.5 Å². The second-order valence-electron chi connectivity index (χ2n) is 20.2. The lowest BCUT2D eigenvalue weighted by Crippen LogP contribution is -2.57. The Bertz CT molecular complexity index is 2750. The fourth-order valence-electron chi connectivity index (χ4n) is 9.33. The van der Waals surface area contributed by atoms with Crippen molar-refractivity contribution in [1.29, 1.82) is 0 Å². The Kier molecular flexibility index (Phi) is 20.0. The molecule has 75 heavy (non-hydrogen) atoms. The number of halogens is 2. The molecule has 6 N–H and O–H groups in total. The molecule has 0 spiro atoms. The number of benzene rings is 3. The standard InChI is InChI=1S/C55H69F2N7O9S2/c1-35-49(75-34-60-35)37-10-8-36(9-11-37)31-59-52(68)46-30-42(65)32-64(46)53(69)50(54(2,3)4)62-48(67)17-21-71-23-25-73-27-26-72-24-22-70-20-16-47(66)61-40-12-13-43-44(38-6-5-7-39(28-38)51(58)74)33-63(45(43)29-40)41-14-18-55(56,57)19-15-41/h5-13,28-29,33-34,41-42,46,50,65H,14-27,30-32H2,1-4H3,(H2,58,74)(H,59,68)(H,61,66)(H,62,67)/t42-,46+,50-/m1/s1. The molecule has 2 fully saturated rings. The van der Waals surface area contributed by atoms with E-state index in [0.717, 1.165) is 49.3 Å². The summed E-state index contributed by atoms with van der Waals surface area (Å²) in [5, 5.41) is 20.2. The highest BCUT2D eigenvalue weighted by Crippen LogP contribution is 2.42. The largest absolute Gasteiger partial charge is 0.391 e. The number of aryl methyl sites for hydroxylation is 1. The first-order chi connectivity index (χ1) is 35.9. The number of carbonyl (C=O) groups is 4. The van der Waals surface area contributed by atoms with Gasteiger partial charge < -0.3 is 55.2 Å². The minimum absolute atomic E-state index is 0.000165. The van der Waals surface area contributed by atoms with Crippen LogP contribution >= 0.6 is 23.6 Å². The number of aliphatic hydroxyl groups is 1. The highest BCUT2D eigenvalue weighted by Gasteiger charge is 2.44. The van der Waals surface area contributed by atoms with Crippen LogP contribution in [0.15, 0.2) is 78.4 Å². The smallest absolute Gasteiger partial charge is 0.248 e. The van der Waals surface area contributed by atoms with E-state index in [4.69, 9.17) is 36.9 Å². The second kappa shape index (κ2) is 26.3. The monoisotopic (exact) mass is 1070 g/mol. The Morgan fingerprint density at radius 2 is 1.52 bits per heavy atom. The molecule has 20 heteroatoms. The van der Waals surface area contributed by atoms with Gasteiger partial charge in [0, 0.05) is 73.2 Å². The van der Waals surface area contributed by atoms with Crippen LogP contribution in [0.1, 0.15) is 88.6 Å². The van der Waals surface area contributed by atoms with Crippen molar-refractivity contribution in [3.63, 3.8) is 0 Å². The highest BCUT2D eigenvalue weighted by atomic mass is 32.1. The summed E-state index contributed by atoms with van der Waals surface area (Å²) >= 11 is 6.77. The van der Waals surface area contributed by atoms with E-state index < -0.39 is 35.4 Å². The molecular formula is C55H69F2N7O9S2. The number of β-amino-alcohol motifs (C(OH)–C–C–N with tert-alkyl or cyclic N) is 1. The van der Waals surface area contributed by atoms with Crippen LogP contribution in [0.4, 0.5) is 14.5 Å². The number of aromatic nitrogens is 2. The van der Waals surface area contributed by atoms with Gasteiger partial charge in [0.15, 0.2) is 0 Å². The molecule has 1 saturated heterocycles. The number of rotatable bonds is 25. The normalized spacial score (nSPS) is 17.2. The fourth-order valence-corrected chi connectivity index (χ4v) is 10.3. The average molecular weight is 1070 g/mol. The highest BCUT2D eigenvalue weighted by molar-refractivity contribution is 7.80. The van der Waals surface area contributed by atoms with E-state index in [2.05, 4.69) is 25.5 Å². The molecule has 4 amide bonds. The maximum atomic E-state index is 14.1. The van der Waals surface area contributed by atoms with Crippen molar-refractivity contribution in [2.45, 2.75) is 109 Å². The van der Waals surface area contributed by atoms with E-state index in [1.807, 2.05) is 101 Å². The molecule has 1 saturated carbocycles. The van der Waals surface area contributed by atoms with E-state index in [9.17, 15) is 33.1 Å². The van der Waals surface area contributed by atoms with Gasteiger partial charge in [0.1, 0.15) is 17.1 Å². The van der Waals surface area contributed by atoms with Crippen molar-refractivity contribution in [3.05, 3.63) is 95.3 Å². The van der Waals surface area contributed by atoms with Gasteiger partial charge in [-0.3, -0.25) is 19.2 Å². The van der Waals surface area contributed by atoms with Crippen LogP contribution in [-0.4, -0.2) is 132 Å². The summed E-state index contributed by atoms with van der Waals surface area (Å²) in [6, 6.07) is 19.1. The molecule has 0 radical (unpaired) electrons. The summed E-state index contributed by atoms with van der Waals surface area (Å²) in [5.41, 5.74) is 13.9. The minimum Gasteiger partial charge on any atom is -0.391 e. The zero-order chi connectivity index (χ0) is 53.7. The maximum absolute atomic E-state index is 14.1. The van der Waals surface area contributed by atoms with Crippen LogP contribution in [0, 0.1) is 12.3 Å². The quantitative estimate of drug-likeness (QED) is 0.0281. The maximum Gasteiger partial charge on any atom is 0.248 e. The number of thiocarbonyl (C=S) groups is 1. The molecule has 0 unspecified atom stereocenters. The third-order valence-electron chi connectivity index (χ3n) is 13.4. The molecule has 7 rings (SSSR count). The lowest BCUT2D eigenvalue weighted by molar-refractivity contribution is -0.144. The summed E-state index contributed by atoms with van der Waals surface area (Å²) in [7, 11) is 0. The zero-order valence-electron chi connectivity index (χ0n) is 43.0. The van der Waals surface area contributed by atoms with Gasteiger partial charge >= 0.3 is 0 Å². The molecule has 16 nitrogen and oxygen atoms in total. The molecule has 3 atom stereocenters. The topological polar surface area (TPSA) is 209 Å². The third kappa shape index (κ3) is 15.9. The third-order valence-corrected chi connectivity index (χ3v) is 14.6. The SMILES string of the molecule is Cc1ncsc1-c1ccc(CNC(=O)[C@@H]2C[C@@H](O)CN2C(=O)[C@@H](NC(=O)CCOCCOCCOCCOCCC(=O)Nc2ccc3c(-c4cccc(C(N)=S)c4)cn(C4CCC(F)(F)CC4)c3c2)C(C)(C)C)cc1. The number of alkyl halides is 2. The Morgan fingerprint density at radius 1 is 0.880 bits per heavy atom. The number of amides is 4. The van der Waals surface area contributed by atoms with Crippen LogP contribution in [0.3, 0.4) is 0 Å². The van der Waals surface area contributed by atoms with Gasteiger partial charge in [-0.2, -0.15) is 0 Å². The number of nitrogens with one attached hydrogen (secondary N) is 3. The number of carbonyl (C=O) groups excluding carboxylic acids is 4. The van der Waals surface area contributed by atoms with Gasteiger partial charge in [0.05, 0.1) is 87.0 Å². The number of hydrogen-bond donors (Lipinski definition) is 5. The number of hydrogen-bond acceptors (Lipinski definition) is 12. The van der Waals surface area contributed by atoms with Gasteiger partial charge in [0.25, 0.3) is 0 Å². The molecule has 3 heterocycles. The van der Waals surface area contributed by atoms with Gasteiger partial charge in [-0.15, -0.1) is 11.3 Å². The first kappa shape index (κ1) is 57.0. The molecule has 2 aromatic heterocycles. The first-order valence-electron chi connectivity index (χ1n) is 25.5. The zero-order valence-corrected chi connectivity index (χ0v) is 44.7. The van der Waals surface area contributed by atoms with E-state index in [1.165, 1.54) is 4.90 Å².